The number of hydrogen-bond donors (Lipinski definition) is 1. The molecule has 1 aromatic heterocycles. The van der Waals surface area contributed by atoms with Crippen LogP contribution in [0.2, 0.25) is 0 Å². The molecule has 2 heterocycles. The van der Waals surface area contributed by atoms with E-state index in [9.17, 15) is 13.6 Å². The van der Waals surface area contributed by atoms with E-state index >= 15 is 0 Å². The molecule has 0 radical (unpaired) electrons. The predicted octanol–water partition coefficient (Wildman–Crippen LogP) is 4.74. The molecule has 1 aliphatic rings. The fourth-order valence-corrected chi connectivity index (χ4v) is 3.02. The summed E-state index contributed by atoms with van der Waals surface area (Å²) in [6.07, 6.45) is 1.82. The number of nitrogens with one attached hydrogen (secondary N) is 1. The zero-order valence-corrected chi connectivity index (χ0v) is 17.0. The summed E-state index contributed by atoms with van der Waals surface area (Å²) in [6.45, 7) is 8.06. The molecule has 156 valence electrons. The van der Waals surface area contributed by atoms with Crippen LogP contribution in [0.1, 0.15) is 39.7 Å². The third kappa shape index (κ3) is 4.23. The smallest absolute Gasteiger partial charge is 0.416 e. The lowest BCUT2D eigenvalue weighted by Gasteiger charge is -2.37. The number of nitrogens with zero attached hydrogens (tertiary/aromatic N) is 3. The highest BCUT2D eigenvalue weighted by molar-refractivity contribution is 5.90. The third-order valence-electron chi connectivity index (χ3n) is 4.62. The maximum Gasteiger partial charge on any atom is 0.416 e. The van der Waals surface area contributed by atoms with Crippen LogP contribution in [0.3, 0.4) is 0 Å². The highest BCUT2D eigenvalue weighted by atomic mass is 19.1. The molecule has 1 aromatic carbocycles. The molecular formula is C20H24F2N4O3. The van der Waals surface area contributed by atoms with Gasteiger partial charge in [0, 0.05) is 30.6 Å². The average Bonchev–Trinajstić information content (AvgIpc) is 2.60. The maximum absolute atomic E-state index is 14.0. The number of ether oxygens (including phenoxy) is 2. The van der Waals surface area contributed by atoms with Crippen molar-refractivity contribution in [1.82, 2.24) is 9.97 Å². The Hall–Kier alpha value is -2.97. The van der Waals surface area contributed by atoms with Gasteiger partial charge in [-0.25, -0.2) is 18.6 Å². The fraction of sp³-hybridized carbons (Fsp3) is 0.450. The predicted molar refractivity (Wildman–Crippen MR) is 105 cm³/mol. The molecule has 29 heavy (non-hydrogen) atoms. The molecule has 3 rings (SSSR count). The Morgan fingerprint density at radius 1 is 1.28 bits per heavy atom. The van der Waals surface area contributed by atoms with E-state index in [1.807, 2.05) is 0 Å². The second kappa shape index (κ2) is 7.81. The van der Waals surface area contributed by atoms with E-state index in [-0.39, 0.29) is 11.6 Å². The first-order valence-corrected chi connectivity index (χ1v) is 9.30. The summed E-state index contributed by atoms with van der Waals surface area (Å²) >= 11 is 0. The van der Waals surface area contributed by atoms with E-state index in [1.165, 1.54) is 12.0 Å². The number of cyclic esters (lactones) is 1. The van der Waals surface area contributed by atoms with Gasteiger partial charge in [0.15, 0.2) is 23.2 Å². The molecule has 0 aliphatic carbocycles. The molecule has 0 spiro atoms. The Morgan fingerprint density at radius 2 is 1.93 bits per heavy atom. The first-order valence-electron chi connectivity index (χ1n) is 9.30. The van der Waals surface area contributed by atoms with Crippen LogP contribution in [-0.2, 0) is 10.3 Å². The van der Waals surface area contributed by atoms with Crippen molar-refractivity contribution in [3.8, 4) is 5.75 Å². The van der Waals surface area contributed by atoms with Crippen LogP contribution >= 0.6 is 0 Å². The first kappa shape index (κ1) is 20.8. The summed E-state index contributed by atoms with van der Waals surface area (Å²) < 4.78 is 38.1. The zero-order valence-electron chi connectivity index (χ0n) is 17.0. The lowest BCUT2D eigenvalue weighted by molar-refractivity contribution is 0.0340. The number of anilines is 3. The summed E-state index contributed by atoms with van der Waals surface area (Å²) in [7, 11) is 1.19. The second-order valence-corrected chi connectivity index (χ2v) is 7.74. The number of fused-ring (bicyclic) bond motifs is 1. The molecular weight excluding hydrogens is 382 g/mol. The number of halogens is 2. The topological polar surface area (TPSA) is 76.6 Å². The lowest BCUT2D eigenvalue weighted by atomic mass is 9.98. The van der Waals surface area contributed by atoms with Gasteiger partial charge in [-0.2, -0.15) is 4.98 Å². The molecule has 0 saturated heterocycles. The molecule has 9 heteroatoms. The van der Waals surface area contributed by atoms with Crippen LogP contribution < -0.4 is 15.0 Å². The standard InChI is InChI=1S/C20H24F2N4O3/c1-11(2)6-7-26-17-13(20(3,4)29-19(26)27)10-23-18(25-17)24-12-8-14(21)16(28-5)15(22)9-12/h8-11H,6-7H2,1-5H3,(H,23,24,25). The van der Waals surface area contributed by atoms with E-state index in [0.29, 0.717) is 23.8 Å². The summed E-state index contributed by atoms with van der Waals surface area (Å²) in [5, 5.41) is 2.78. The van der Waals surface area contributed by atoms with Crippen LogP contribution in [0.5, 0.6) is 5.75 Å². The number of rotatable bonds is 6. The van der Waals surface area contributed by atoms with Crippen molar-refractivity contribution >= 4 is 23.5 Å². The highest BCUT2D eigenvalue weighted by Crippen LogP contribution is 2.38. The Morgan fingerprint density at radius 3 is 2.52 bits per heavy atom. The Kier molecular flexibility index (Phi) is 5.59. The molecule has 7 nitrogen and oxygen atoms in total. The molecule has 1 N–H and O–H groups in total. The van der Waals surface area contributed by atoms with Gasteiger partial charge in [0.25, 0.3) is 0 Å². The van der Waals surface area contributed by atoms with E-state index in [4.69, 9.17) is 4.74 Å². The first-order chi connectivity index (χ1) is 13.6. The number of benzene rings is 1. The van der Waals surface area contributed by atoms with E-state index < -0.39 is 29.1 Å². The van der Waals surface area contributed by atoms with Crippen LogP contribution in [0.4, 0.5) is 31.0 Å². The van der Waals surface area contributed by atoms with Gasteiger partial charge in [-0.1, -0.05) is 13.8 Å². The number of amides is 1. The summed E-state index contributed by atoms with van der Waals surface area (Å²) in [6, 6.07) is 2.17. The average molecular weight is 406 g/mol. The molecule has 0 unspecified atom stereocenters. The van der Waals surface area contributed by atoms with Crippen molar-refractivity contribution in [3.63, 3.8) is 0 Å². The Bertz CT molecular complexity index is 911. The third-order valence-corrected chi connectivity index (χ3v) is 4.62. The van der Waals surface area contributed by atoms with Gasteiger partial charge >= 0.3 is 6.09 Å². The molecule has 2 aromatic rings. The van der Waals surface area contributed by atoms with Crippen molar-refractivity contribution < 1.29 is 23.0 Å². The summed E-state index contributed by atoms with van der Waals surface area (Å²) in [5.41, 5.74) is -0.122. The van der Waals surface area contributed by atoms with Crippen LogP contribution in [0.25, 0.3) is 0 Å². The van der Waals surface area contributed by atoms with Crippen molar-refractivity contribution in [1.29, 1.82) is 0 Å². The van der Waals surface area contributed by atoms with Gasteiger partial charge < -0.3 is 14.8 Å². The van der Waals surface area contributed by atoms with Gasteiger partial charge in [0.2, 0.25) is 5.95 Å². The lowest BCUT2D eigenvalue weighted by Crippen LogP contribution is -2.44. The van der Waals surface area contributed by atoms with Gasteiger partial charge in [0.1, 0.15) is 5.60 Å². The maximum atomic E-state index is 14.0. The molecule has 1 aliphatic heterocycles. The molecule has 0 saturated carbocycles. The summed E-state index contributed by atoms with van der Waals surface area (Å²) in [5.74, 6) is -1.27. The molecule has 0 atom stereocenters. The van der Waals surface area contributed by atoms with Crippen LogP contribution in [-0.4, -0.2) is 29.7 Å². The number of carbonyl (C=O) groups excluding carboxylic acids is 1. The van der Waals surface area contributed by atoms with E-state index in [1.54, 1.807) is 20.0 Å². The van der Waals surface area contributed by atoms with Gasteiger partial charge in [-0.05, 0) is 26.2 Å². The quantitative estimate of drug-likeness (QED) is 0.746. The van der Waals surface area contributed by atoms with E-state index in [2.05, 4.69) is 33.9 Å². The molecule has 0 bridgehead atoms. The second-order valence-electron chi connectivity index (χ2n) is 7.74. The van der Waals surface area contributed by atoms with Crippen molar-refractivity contribution in [2.24, 2.45) is 5.92 Å². The molecule has 1 amide bonds. The van der Waals surface area contributed by atoms with Crippen LogP contribution in [0.15, 0.2) is 18.3 Å². The SMILES string of the molecule is COc1c(F)cc(Nc2ncc3c(n2)N(CCC(C)C)C(=O)OC3(C)C)cc1F. The number of methoxy groups -OCH3 is 1. The van der Waals surface area contributed by atoms with Crippen molar-refractivity contribution in [2.45, 2.75) is 39.7 Å². The number of hydrogen-bond acceptors (Lipinski definition) is 6. The minimum absolute atomic E-state index is 0.104. The number of carbonyl (C=O) groups is 1. The van der Waals surface area contributed by atoms with Gasteiger partial charge in [-0.3, -0.25) is 4.90 Å². The minimum atomic E-state index is -0.891. The fourth-order valence-electron chi connectivity index (χ4n) is 3.02. The highest BCUT2D eigenvalue weighted by Gasteiger charge is 2.40. The van der Waals surface area contributed by atoms with Gasteiger partial charge in [-0.15, -0.1) is 0 Å². The largest absolute Gasteiger partial charge is 0.491 e. The number of aromatic nitrogens is 2. The normalized spacial score (nSPS) is 15.2. The van der Waals surface area contributed by atoms with Crippen molar-refractivity contribution in [3.05, 3.63) is 35.5 Å². The monoisotopic (exact) mass is 406 g/mol. The summed E-state index contributed by atoms with van der Waals surface area (Å²) in [4.78, 5) is 22.7. The van der Waals surface area contributed by atoms with Crippen molar-refractivity contribution in [2.75, 3.05) is 23.9 Å². The zero-order chi connectivity index (χ0) is 21.3. The van der Waals surface area contributed by atoms with Gasteiger partial charge in [0.05, 0.1) is 12.7 Å². The Balaban J connectivity index is 1.96. The minimum Gasteiger partial charge on any atom is -0.491 e. The van der Waals surface area contributed by atoms with Crippen LogP contribution in [0, 0.1) is 17.6 Å². The van der Waals surface area contributed by atoms with E-state index in [0.717, 1.165) is 18.6 Å². The Labute approximate surface area is 168 Å². The molecule has 0 fully saturated rings.